The fourth-order valence-electron chi connectivity index (χ4n) is 2.18. The largest absolute Gasteiger partial charge is 0.491 e. The van der Waals surface area contributed by atoms with Crippen LogP contribution in [0.1, 0.15) is 20.7 Å². The normalized spacial score (nSPS) is 9.85. The zero-order chi connectivity index (χ0) is 18.8. The van der Waals surface area contributed by atoms with E-state index < -0.39 is 0 Å². The molecule has 0 bridgehead atoms. The summed E-state index contributed by atoms with van der Waals surface area (Å²) in [5.41, 5.74) is 1.15. The van der Waals surface area contributed by atoms with Gasteiger partial charge in [0.1, 0.15) is 12.4 Å². The Balaban J connectivity index is 2.12. The second-order valence-corrected chi connectivity index (χ2v) is 5.26. The minimum absolute atomic E-state index is 0.113. The summed E-state index contributed by atoms with van der Waals surface area (Å²) in [7, 11) is 1.59. The highest BCUT2D eigenvalue weighted by Gasteiger charge is 2.14. The average Bonchev–Trinajstić information content (AvgIpc) is 2.67. The second-order valence-electron chi connectivity index (χ2n) is 5.26. The Hall–Kier alpha value is -3.30. The molecule has 2 amide bonds. The number of hydrogen-bond acceptors (Lipinski definition) is 4. The highest BCUT2D eigenvalue weighted by Crippen LogP contribution is 2.18. The molecule has 0 spiro atoms. The third-order valence-corrected chi connectivity index (χ3v) is 3.42. The standard InChI is InChI=1S/C20H20N2O4/c1-3-11-21-20(24)17-9-4-5-10-18(17)22-19(23)15-7-6-8-16(14-15)26-13-12-25-2/h1,4-10,14H,11-13H2,2H3,(H,21,24)(H,22,23). The van der Waals surface area contributed by atoms with Crippen LogP contribution < -0.4 is 15.4 Å². The van der Waals surface area contributed by atoms with Crippen molar-refractivity contribution in [2.75, 3.05) is 32.2 Å². The smallest absolute Gasteiger partial charge is 0.255 e. The quantitative estimate of drug-likeness (QED) is 0.565. The molecule has 6 heteroatoms. The van der Waals surface area contributed by atoms with E-state index in [-0.39, 0.29) is 18.4 Å². The maximum absolute atomic E-state index is 12.5. The third kappa shape index (κ3) is 5.36. The van der Waals surface area contributed by atoms with Crippen LogP contribution in [0.2, 0.25) is 0 Å². The molecule has 2 aromatic carbocycles. The lowest BCUT2D eigenvalue weighted by molar-refractivity contribution is 0.0959. The van der Waals surface area contributed by atoms with Crippen molar-refractivity contribution < 1.29 is 19.1 Å². The van der Waals surface area contributed by atoms with Crippen LogP contribution in [0.5, 0.6) is 5.75 Å². The fourth-order valence-corrected chi connectivity index (χ4v) is 2.18. The molecule has 0 unspecified atom stereocenters. The van der Waals surface area contributed by atoms with Crippen LogP contribution in [-0.2, 0) is 4.74 Å². The zero-order valence-corrected chi connectivity index (χ0v) is 14.5. The minimum Gasteiger partial charge on any atom is -0.491 e. The fraction of sp³-hybridized carbons (Fsp3) is 0.200. The molecule has 0 fully saturated rings. The summed E-state index contributed by atoms with van der Waals surface area (Å²) in [6.45, 7) is 0.957. The number of methoxy groups -OCH3 is 1. The van der Waals surface area contributed by atoms with E-state index in [0.717, 1.165) is 0 Å². The Labute approximate surface area is 152 Å². The van der Waals surface area contributed by atoms with Crippen molar-refractivity contribution in [2.24, 2.45) is 0 Å². The van der Waals surface area contributed by atoms with E-state index in [9.17, 15) is 9.59 Å². The van der Waals surface area contributed by atoms with Crippen molar-refractivity contribution in [1.82, 2.24) is 5.32 Å². The molecule has 0 aromatic heterocycles. The lowest BCUT2D eigenvalue weighted by atomic mass is 10.1. The monoisotopic (exact) mass is 352 g/mol. The van der Waals surface area contributed by atoms with Crippen molar-refractivity contribution in [3.63, 3.8) is 0 Å². The van der Waals surface area contributed by atoms with Gasteiger partial charge >= 0.3 is 0 Å². The molecule has 0 heterocycles. The topological polar surface area (TPSA) is 76.7 Å². The van der Waals surface area contributed by atoms with Gasteiger partial charge in [0, 0.05) is 12.7 Å². The van der Waals surface area contributed by atoms with Crippen LogP contribution in [0.25, 0.3) is 0 Å². The number of nitrogens with one attached hydrogen (secondary N) is 2. The average molecular weight is 352 g/mol. The first-order valence-corrected chi connectivity index (χ1v) is 7.99. The first kappa shape index (κ1) is 19.0. The van der Waals surface area contributed by atoms with Crippen LogP contribution in [0.15, 0.2) is 48.5 Å². The van der Waals surface area contributed by atoms with Gasteiger partial charge in [-0.2, -0.15) is 0 Å². The van der Waals surface area contributed by atoms with E-state index in [4.69, 9.17) is 15.9 Å². The van der Waals surface area contributed by atoms with Gasteiger partial charge < -0.3 is 20.1 Å². The van der Waals surface area contributed by atoms with Crippen molar-refractivity contribution in [3.05, 3.63) is 59.7 Å². The lowest BCUT2D eigenvalue weighted by Crippen LogP contribution is -2.25. The summed E-state index contributed by atoms with van der Waals surface area (Å²) in [6, 6.07) is 13.5. The molecule has 0 aliphatic heterocycles. The zero-order valence-electron chi connectivity index (χ0n) is 14.5. The van der Waals surface area contributed by atoms with E-state index in [0.29, 0.717) is 35.8 Å². The SMILES string of the molecule is C#CCNC(=O)c1ccccc1NC(=O)c1cccc(OCCOC)c1. The van der Waals surface area contributed by atoms with Crippen molar-refractivity contribution >= 4 is 17.5 Å². The molecule has 2 aromatic rings. The molecule has 6 nitrogen and oxygen atoms in total. The van der Waals surface area contributed by atoms with E-state index in [1.165, 1.54) is 0 Å². The van der Waals surface area contributed by atoms with Gasteiger partial charge in [-0.25, -0.2) is 0 Å². The van der Waals surface area contributed by atoms with Crippen LogP contribution in [-0.4, -0.2) is 38.7 Å². The van der Waals surface area contributed by atoms with Gasteiger partial charge in [-0.05, 0) is 30.3 Å². The minimum atomic E-state index is -0.351. The maximum Gasteiger partial charge on any atom is 0.255 e. The third-order valence-electron chi connectivity index (χ3n) is 3.42. The van der Waals surface area contributed by atoms with Crippen LogP contribution in [0, 0.1) is 12.3 Å². The maximum atomic E-state index is 12.5. The first-order chi connectivity index (χ1) is 12.7. The first-order valence-electron chi connectivity index (χ1n) is 7.99. The van der Waals surface area contributed by atoms with Gasteiger partial charge in [-0.1, -0.05) is 24.1 Å². The Morgan fingerprint density at radius 1 is 1.08 bits per heavy atom. The van der Waals surface area contributed by atoms with Gasteiger partial charge in [0.25, 0.3) is 11.8 Å². The van der Waals surface area contributed by atoms with Gasteiger partial charge in [-0.15, -0.1) is 6.42 Å². The summed E-state index contributed by atoms with van der Waals surface area (Å²) in [4.78, 5) is 24.7. The molecule has 134 valence electrons. The van der Waals surface area contributed by atoms with Crippen molar-refractivity contribution in [3.8, 4) is 18.1 Å². The predicted molar refractivity (Wildman–Crippen MR) is 99.4 cm³/mol. The Bertz CT molecular complexity index is 811. The van der Waals surface area contributed by atoms with Crippen LogP contribution in [0.4, 0.5) is 5.69 Å². The summed E-state index contributed by atoms with van der Waals surface area (Å²) >= 11 is 0. The van der Waals surface area contributed by atoms with E-state index in [1.54, 1.807) is 55.6 Å². The number of rotatable bonds is 8. The van der Waals surface area contributed by atoms with Crippen LogP contribution in [0.3, 0.4) is 0 Å². The van der Waals surface area contributed by atoms with Gasteiger partial charge in [0.05, 0.1) is 24.4 Å². The second kappa shape index (κ2) is 9.87. The van der Waals surface area contributed by atoms with E-state index >= 15 is 0 Å². The molecular weight excluding hydrogens is 332 g/mol. The molecule has 0 aliphatic carbocycles. The number of terminal acetylenes is 1. The number of carbonyl (C=O) groups excluding carboxylic acids is 2. The number of carbonyl (C=O) groups is 2. The molecule has 0 aliphatic rings. The highest BCUT2D eigenvalue weighted by atomic mass is 16.5. The molecule has 26 heavy (non-hydrogen) atoms. The van der Waals surface area contributed by atoms with E-state index in [2.05, 4.69) is 16.6 Å². The Morgan fingerprint density at radius 2 is 1.88 bits per heavy atom. The molecule has 0 radical (unpaired) electrons. The highest BCUT2D eigenvalue weighted by molar-refractivity contribution is 6.09. The molecular formula is C20H20N2O4. The van der Waals surface area contributed by atoms with Crippen LogP contribution >= 0.6 is 0 Å². The van der Waals surface area contributed by atoms with E-state index in [1.807, 2.05) is 0 Å². The predicted octanol–water partition coefficient (Wildman–Crippen LogP) is 2.33. The number of ether oxygens (including phenoxy) is 2. The van der Waals surface area contributed by atoms with Crippen molar-refractivity contribution in [2.45, 2.75) is 0 Å². The van der Waals surface area contributed by atoms with Crippen molar-refractivity contribution in [1.29, 1.82) is 0 Å². The molecule has 0 saturated carbocycles. The van der Waals surface area contributed by atoms with Gasteiger partial charge in [-0.3, -0.25) is 9.59 Å². The summed E-state index contributed by atoms with van der Waals surface area (Å²) in [6.07, 6.45) is 5.15. The summed E-state index contributed by atoms with van der Waals surface area (Å²) in [5.74, 6) is 2.20. The Kier molecular flexibility index (Phi) is 7.22. The molecule has 2 rings (SSSR count). The molecule has 0 atom stereocenters. The Morgan fingerprint density at radius 3 is 2.65 bits per heavy atom. The van der Waals surface area contributed by atoms with Gasteiger partial charge in [0.15, 0.2) is 0 Å². The number of benzene rings is 2. The summed E-state index contributed by atoms with van der Waals surface area (Å²) in [5, 5.41) is 5.33. The summed E-state index contributed by atoms with van der Waals surface area (Å²) < 4.78 is 10.4. The van der Waals surface area contributed by atoms with Gasteiger partial charge in [0.2, 0.25) is 0 Å². The molecule has 0 saturated heterocycles. The number of para-hydroxylation sites is 1. The molecule has 2 N–H and O–H groups in total. The number of anilines is 1. The number of hydrogen-bond donors (Lipinski definition) is 2. The lowest BCUT2D eigenvalue weighted by Gasteiger charge is -2.11. The number of amides is 2.